The summed E-state index contributed by atoms with van der Waals surface area (Å²) in [6.45, 7) is 1.55. The van der Waals surface area contributed by atoms with E-state index in [1.165, 1.54) is 6.42 Å². The molecule has 86 valence electrons. The summed E-state index contributed by atoms with van der Waals surface area (Å²) < 4.78 is 12.2. The number of aliphatic hydroxyl groups excluding tert-OH is 1. The quantitative estimate of drug-likeness (QED) is 0.645. The fraction of sp³-hybridized carbons (Fsp3) is 1.00. The molecule has 1 heterocycles. The van der Waals surface area contributed by atoms with Gasteiger partial charge in [-0.15, -0.1) is 0 Å². The van der Waals surface area contributed by atoms with Gasteiger partial charge in [0.2, 0.25) is 0 Å². The molecule has 0 unspecified atom stereocenters. The summed E-state index contributed by atoms with van der Waals surface area (Å²) in [6.07, 6.45) is 1.34. The molecular formula is C13H16O3. The van der Waals surface area contributed by atoms with Crippen molar-refractivity contribution in [1.29, 1.82) is 0 Å². The van der Waals surface area contributed by atoms with Gasteiger partial charge in [-0.3, -0.25) is 0 Å². The minimum Gasteiger partial charge on any atom is -0.393 e. The largest absolute Gasteiger partial charge is 0.393 e. The van der Waals surface area contributed by atoms with Crippen molar-refractivity contribution in [3.05, 3.63) is 0 Å². The van der Waals surface area contributed by atoms with Crippen LogP contribution in [0.4, 0.5) is 0 Å². The predicted octanol–water partition coefficient (Wildman–Crippen LogP) is 0.478. The van der Waals surface area contributed by atoms with Crippen molar-refractivity contribution in [1.82, 2.24) is 0 Å². The maximum Gasteiger partial charge on any atom is 0.175 e. The lowest BCUT2D eigenvalue weighted by Crippen LogP contribution is -2.59. The van der Waals surface area contributed by atoms with E-state index in [0.29, 0.717) is 23.7 Å². The summed E-state index contributed by atoms with van der Waals surface area (Å²) in [4.78, 5) is 0. The Bertz CT molecular complexity index is 402. The number of fused-ring (bicyclic) bond motifs is 4. The van der Waals surface area contributed by atoms with Crippen LogP contribution in [0.15, 0.2) is 0 Å². The number of rotatable bonds is 0. The highest BCUT2D eigenvalue weighted by Crippen LogP contribution is 2.86. The van der Waals surface area contributed by atoms with Crippen LogP contribution in [0.5, 0.6) is 0 Å². The van der Waals surface area contributed by atoms with Crippen molar-refractivity contribution >= 4 is 0 Å². The zero-order valence-electron chi connectivity index (χ0n) is 9.08. The molecule has 0 aromatic carbocycles. The Morgan fingerprint density at radius 2 is 1.69 bits per heavy atom. The molecule has 9 atom stereocenters. The van der Waals surface area contributed by atoms with E-state index >= 15 is 0 Å². The highest BCUT2D eigenvalue weighted by Gasteiger charge is 2.89. The van der Waals surface area contributed by atoms with Gasteiger partial charge in [-0.1, -0.05) is 0 Å². The number of hydrogen-bond donors (Lipinski definition) is 1. The fourth-order valence-electron chi connectivity index (χ4n) is 7.27. The maximum absolute atomic E-state index is 10.4. The third-order valence-corrected chi connectivity index (χ3v) is 7.08. The van der Waals surface area contributed by atoms with E-state index in [-0.39, 0.29) is 11.9 Å². The number of aliphatic hydroxyl groups is 1. The van der Waals surface area contributed by atoms with Crippen LogP contribution >= 0.6 is 0 Å². The minimum absolute atomic E-state index is 0.0211. The van der Waals surface area contributed by atoms with Crippen LogP contribution in [0.2, 0.25) is 0 Å². The lowest BCUT2D eigenvalue weighted by Gasteiger charge is -2.52. The highest BCUT2D eigenvalue weighted by atomic mass is 16.7. The molecule has 6 fully saturated rings. The molecule has 6 aliphatic rings. The molecule has 1 N–H and O–H groups in total. The fourth-order valence-corrected chi connectivity index (χ4v) is 7.27. The lowest BCUT2D eigenvalue weighted by molar-refractivity contribution is -0.277. The Balaban J connectivity index is 1.64. The molecule has 2 bridgehead atoms. The lowest BCUT2D eigenvalue weighted by atomic mass is 9.57. The smallest absolute Gasteiger partial charge is 0.175 e. The van der Waals surface area contributed by atoms with Crippen molar-refractivity contribution in [3.63, 3.8) is 0 Å². The molecule has 5 aliphatic carbocycles. The molecule has 3 heteroatoms. The molecule has 0 radical (unpaired) electrons. The predicted molar refractivity (Wildman–Crippen MR) is 53.2 cm³/mol. The van der Waals surface area contributed by atoms with Crippen LogP contribution in [0.3, 0.4) is 0 Å². The van der Waals surface area contributed by atoms with Crippen LogP contribution in [-0.4, -0.2) is 30.2 Å². The van der Waals surface area contributed by atoms with Gasteiger partial charge >= 0.3 is 0 Å². The van der Waals surface area contributed by atoms with Crippen molar-refractivity contribution in [2.45, 2.75) is 18.3 Å². The maximum atomic E-state index is 10.4. The highest BCUT2D eigenvalue weighted by molar-refractivity contribution is 5.33. The summed E-state index contributed by atoms with van der Waals surface area (Å²) >= 11 is 0. The molecule has 0 amide bonds. The zero-order valence-corrected chi connectivity index (χ0v) is 9.08. The van der Waals surface area contributed by atoms with E-state index < -0.39 is 0 Å². The second-order valence-electron chi connectivity index (χ2n) is 6.83. The second kappa shape index (κ2) is 2.00. The van der Waals surface area contributed by atoms with Crippen molar-refractivity contribution in [2.75, 3.05) is 13.2 Å². The normalized spacial score (nSPS) is 74.4. The van der Waals surface area contributed by atoms with Gasteiger partial charge in [0.1, 0.15) is 0 Å². The first kappa shape index (κ1) is 8.06. The third-order valence-electron chi connectivity index (χ3n) is 7.08. The molecule has 1 aliphatic heterocycles. The van der Waals surface area contributed by atoms with Gasteiger partial charge in [0.15, 0.2) is 5.79 Å². The molecule has 5 saturated carbocycles. The van der Waals surface area contributed by atoms with Crippen molar-refractivity contribution < 1.29 is 14.6 Å². The van der Waals surface area contributed by atoms with Gasteiger partial charge in [0.05, 0.1) is 19.3 Å². The van der Waals surface area contributed by atoms with Gasteiger partial charge < -0.3 is 14.6 Å². The molecule has 3 nitrogen and oxygen atoms in total. The minimum atomic E-state index is -0.231. The molecule has 1 spiro atoms. The van der Waals surface area contributed by atoms with Gasteiger partial charge in [-0.25, -0.2) is 0 Å². The first-order valence-corrected chi connectivity index (χ1v) is 6.80. The van der Waals surface area contributed by atoms with Gasteiger partial charge in [0.25, 0.3) is 0 Å². The van der Waals surface area contributed by atoms with E-state index in [9.17, 15) is 5.11 Å². The van der Waals surface area contributed by atoms with E-state index in [0.717, 1.165) is 36.9 Å². The van der Waals surface area contributed by atoms with Crippen molar-refractivity contribution in [3.8, 4) is 0 Å². The summed E-state index contributed by atoms with van der Waals surface area (Å²) in [5, 5.41) is 10.4. The van der Waals surface area contributed by atoms with Crippen LogP contribution in [0, 0.1) is 47.3 Å². The first-order chi connectivity index (χ1) is 7.84. The Kier molecular flexibility index (Phi) is 1.01. The van der Waals surface area contributed by atoms with Crippen LogP contribution < -0.4 is 0 Å². The Labute approximate surface area is 94.1 Å². The van der Waals surface area contributed by atoms with Crippen LogP contribution in [0.1, 0.15) is 6.42 Å². The molecule has 16 heavy (non-hydrogen) atoms. The molecule has 0 aromatic heterocycles. The average molecular weight is 220 g/mol. The SMILES string of the molecule is O[C@@H]1[C@@H]2[C@H]3[C@@H]4C[C@@H]5[C@H]3[C@H]2C2(OCCO2)[C@@H]5[C@@H]14. The molecule has 0 aromatic rings. The van der Waals surface area contributed by atoms with Gasteiger partial charge in [-0.2, -0.15) is 0 Å². The van der Waals surface area contributed by atoms with Gasteiger partial charge in [-0.05, 0) is 41.9 Å². The summed E-state index contributed by atoms with van der Waals surface area (Å²) in [5.74, 6) is 5.26. The third kappa shape index (κ3) is 0.485. The Hall–Kier alpha value is -0.120. The topological polar surface area (TPSA) is 38.7 Å². The van der Waals surface area contributed by atoms with Gasteiger partial charge in [0, 0.05) is 11.8 Å². The van der Waals surface area contributed by atoms with E-state index in [1.807, 2.05) is 0 Å². The molecule has 1 saturated heterocycles. The Morgan fingerprint density at radius 3 is 2.50 bits per heavy atom. The van der Waals surface area contributed by atoms with Crippen LogP contribution in [0.25, 0.3) is 0 Å². The standard InChI is InChI=1S/C13H16O3/c14-12-8-4-3-5-7-6(4)9(12)11(7)13(10(5)8)15-1-2-16-13/h4-12,14H,1-3H2/t4-,5+,6-,7+,8-,9+,10-,11+,12-/m0/s1. The van der Waals surface area contributed by atoms with E-state index in [4.69, 9.17) is 9.47 Å². The van der Waals surface area contributed by atoms with E-state index in [2.05, 4.69) is 0 Å². The number of hydrogen-bond acceptors (Lipinski definition) is 3. The molecule has 6 rings (SSSR count). The zero-order chi connectivity index (χ0) is 10.2. The Morgan fingerprint density at radius 1 is 0.875 bits per heavy atom. The second-order valence-corrected chi connectivity index (χ2v) is 6.83. The average Bonchev–Trinajstić information content (AvgIpc) is 2.87. The monoisotopic (exact) mass is 220 g/mol. The first-order valence-electron chi connectivity index (χ1n) is 6.80. The summed E-state index contributed by atoms with van der Waals surface area (Å²) in [7, 11) is 0. The molecular weight excluding hydrogens is 204 g/mol. The summed E-state index contributed by atoms with van der Waals surface area (Å²) in [5.41, 5.74) is 0. The van der Waals surface area contributed by atoms with Crippen molar-refractivity contribution in [2.24, 2.45) is 47.3 Å². The summed E-state index contributed by atoms with van der Waals surface area (Å²) in [6, 6.07) is 0. The van der Waals surface area contributed by atoms with Crippen LogP contribution in [-0.2, 0) is 9.47 Å². The van der Waals surface area contributed by atoms with E-state index in [1.54, 1.807) is 0 Å². The number of ether oxygens (including phenoxy) is 2.